The van der Waals surface area contributed by atoms with Crippen LogP contribution in [0.2, 0.25) is 0 Å². The summed E-state index contributed by atoms with van der Waals surface area (Å²) in [7, 11) is 0. The summed E-state index contributed by atoms with van der Waals surface area (Å²) < 4.78 is 0. The minimum atomic E-state index is -0.833. The minimum Gasteiger partial charge on any atom is -0.481 e. The fourth-order valence-corrected chi connectivity index (χ4v) is 1.57. The first-order valence-electron chi connectivity index (χ1n) is 4.85. The molecule has 1 heterocycles. The topological polar surface area (TPSA) is 52.6 Å². The summed E-state index contributed by atoms with van der Waals surface area (Å²) in [5, 5.41) is 11.9. The average Bonchev–Trinajstić information content (AvgIpc) is 2.56. The monoisotopic (exact) mass is 266 g/mol. The van der Waals surface area contributed by atoms with Crippen LogP contribution in [-0.4, -0.2) is 47.6 Å². The Labute approximate surface area is 93.8 Å². The Balaban J connectivity index is 0.000000364. The maximum atomic E-state index is 9.00. The molecule has 0 atom stereocenters. The third kappa shape index (κ3) is 9.95. The van der Waals surface area contributed by atoms with Crippen molar-refractivity contribution >= 4 is 21.9 Å². The second-order valence-corrected chi connectivity index (χ2v) is 3.98. The van der Waals surface area contributed by atoms with E-state index in [0.717, 1.165) is 18.9 Å². The van der Waals surface area contributed by atoms with E-state index in [9.17, 15) is 0 Å². The van der Waals surface area contributed by atoms with Gasteiger partial charge in [-0.1, -0.05) is 15.9 Å². The van der Waals surface area contributed by atoms with E-state index in [1.54, 1.807) is 0 Å². The molecule has 4 nitrogen and oxygen atoms in total. The van der Waals surface area contributed by atoms with Crippen molar-refractivity contribution in [3.05, 3.63) is 0 Å². The molecule has 0 bridgehead atoms. The second-order valence-electron chi connectivity index (χ2n) is 3.19. The largest absolute Gasteiger partial charge is 0.481 e. The van der Waals surface area contributed by atoms with Gasteiger partial charge in [-0.25, -0.2) is 0 Å². The fourth-order valence-electron chi connectivity index (χ4n) is 1.17. The van der Waals surface area contributed by atoms with E-state index in [1.807, 2.05) is 0 Å². The van der Waals surface area contributed by atoms with E-state index < -0.39 is 5.97 Å². The van der Waals surface area contributed by atoms with Crippen LogP contribution in [0, 0.1) is 0 Å². The molecule has 84 valence electrons. The Hall–Kier alpha value is -0.130. The molecule has 1 aliphatic heterocycles. The molecule has 5 heteroatoms. The number of nitrogens with one attached hydrogen (secondary N) is 1. The van der Waals surface area contributed by atoms with Crippen LogP contribution in [0.15, 0.2) is 0 Å². The van der Waals surface area contributed by atoms with Gasteiger partial charge in [0.1, 0.15) is 0 Å². The lowest BCUT2D eigenvalue weighted by atomic mass is 10.3. The highest BCUT2D eigenvalue weighted by molar-refractivity contribution is 9.09. The van der Waals surface area contributed by atoms with E-state index in [0.29, 0.717) is 0 Å². The lowest BCUT2D eigenvalue weighted by Crippen LogP contribution is -2.23. The number of carboxylic acids is 1. The number of unbranched alkanes of at least 4 members (excludes halogenated alkanes) is 1. The maximum absolute atomic E-state index is 9.00. The molecule has 0 radical (unpaired) electrons. The first kappa shape index (κ1) is 13.9. The molecule has 14 heavy (non-hydrogen) atoms. The summed E-state index contributed by atoms with van der Waals surface area (Å²) in [6, 6.07) is 0. The predicted octanol–water partition coefficient (Wildman–Crippen LogP) is 1.12. The van der Waals surface area contributed by atoms with Gasteiger partial charge in [0.2, 0.25) is 0 Å². The third-order valence-corrected chi connectivity index (χ3v) is 2.36. The van der Waals surface area contributed by atoms with Gasteiger partial charge >= 0.3 is 0 Å². The van der Waals surface area contributed by atoms with Crippen molar-refractivity contribution < 1.29 is 9.90 Å². The van der Waals surface area contributed by atoms with Gasteiger partial charge in [0.05, 0.1) is 0 Å². The maximum Gasteiger partial charge on any atom is 0.300 e. The quantitative estimate of drug-likeness (QED) is 0.592. The van der Waals surface area contributed by atoms with E-state index in [4.69, 9.17) is 9.90 Å². The Kier molecular flexibility index (Phi) is 9.34. The first-order chi connectivity index (χ1) is 6.66. The highest BCUT2D eigenvalue weighted by atomic mass is 79.9. The molecule has 2 N–H and O–H groups in total. The number of carboxylic acid groups (broad SMARTS) is 1. The van der Waals surface area contributed by atoms with Crippen LogP contribution in [0.5, 0.6) is 0 Å². The van der Waals surface area contributed by atoms with E-state index in [1.165, 1.54) is 32.5 Å². The van der Waals surface area contributed by atoms with Crippen LogP contribution in [0.4, 0.5) is 0 Å². The first-order valence-corrected chi connectivity index (χ1v) is 5.97. The third-order valence-electron chi connectivity index (χ3n) is 1.80. The summed E-state index contributed by atoms with van der Waals surface area (Å²) in [5.74, 6) is -0.833. The van der Waals surface area contributed by atoms with Crippen molar-refractivity contribution in [2.75, 3.05) is 31.6 Å². The molecule has 1 fully saturated rings. The zero-order chi connectivity index (χ0) is 10.8. The van der Waals surface area contributed by atoms with E-state index in [-0.39, 0.29) is 0 Å². The van der Waals surface area contributed by atoms with Crippen molar-refractivity contribution in [3.8, 4) is 0 Å². The van der Waals surface area contributed by atoms with Crippen LogP contribution >= 0.6 is 15.9 Å². The van der Waals surface area contributed by atoms with Crippen molar-refractivity contribution in [1.82, 2.24) is 10.2 Å². The van der Waals surface area contributed by atoms with Gasteiger partial charge in [0.15, 0.2) is 0 Å². The number of nitrogens with zero attached hydrogens (tertiary/aromatic N) is 1. The zero-order valence-electron chi connectivity index (χ0n) is 8.63. The Morgan fingerprint density at radius 3 is 2.64 bits per heavy atom. The normalized spacial score (nSPS) is 16.1. The van der Waals surface area contributed by atoms with Crippen LogP contribution in [-0.2, 0) is 4.79 Å². The van der Waals surface area contributed by atoms with Crippen molar-refractivity contribution in [3.63, 3.8) is 0 Å². The molecule has 0 aromatic carbocycles. The van der Waals surface area contributed by atoms with Crippen LogP contribution in [0.25, 0.3) is 0 Å². The molecule has 0 spiro atoms. The lowest BCUT2D eigenvalue weighted by Gasteiger charge is -2.11. The summed E-state index contributed by atoms with van der Waals surface area (Å²) in [6.45, 7) is 5.86. The molecule has 1 aliphatic rings. The lowest BCUT2D eigenvalue weighted by molar-refractivity contribution is -0.134. The summed E-state index contributed by atoms with van der Waals surface area (Å²) in [4.78, 5) is 11.5. The minimum absolute atomic E-state index is 0.833. The predicted molar refractivity (Wildman–Crippen MR) is 60.8 cm³/mol. The average molecular weight is 267 g/mol. The SMILES string of the molecule is BrCCCCN1CCNC1.CC(=O)O. The molecule has 0 saturated carbocycles. The van der Waals surface area contributed by atoms with Crippen LogP contribution in [0.1, 0.15) is 19.8 Å². The number of halogens is 1. The highest BCUT2D eigenvalue weighted by Gasteiger charge is 2.08. The highest BCUT2D eigenvalue weighted by Crippen LogP contribution is 1.98. The number of alkyl halides is 1. The van der Waals surface area contributed by atoms with Gasteiger partial charge in [-0.05, 0) is 19.4 Å². The van der Waals surface area contributed by atoms with Gasteiger partial charge < -0.3 is 10.4 Å². The molecule has 0 aromatic heterocycles. The molecule has 0 aliphatic carbocycles. The van der Waals surface area contributed by atoms with Crippen molar-refractivity contribution in [1.29, 1.82) is 0 Å². The van der Waals surface area contributed by atoms with E-state index in [2.05, 4.69) is 26.1 Å². The fraction of sp³-hybridized carbons (Fsp3) is 0.889. The Morgan fingerprint density at radius 2 is 2.21 bits per heavy atom. The number of rotatable bonds is 4. The van der Waals surface area contributed by atoms with Crippen LogP contribution in [0.3, 0.4) is 0 Å². The van der Waals surface area contributed by atoms with Crippen molar-refractivity contribution in [2.24, 2.45) is 0 Å². The Bertz CT molecular complexity index is 146. The van der Waals surface area contributed by atoms with Gasteiger partial charge in [0, 0.05) is 32.0 Å². The molecule has 1 rings (SSSR count). The van der Waals surface area contributed by atoms with Crippen molar-refractivity contribution in [2.45, 2.75) is 19.8 Å². The molecule has 0 unspecified atom stereocenters. The Morgan fingerprint density at radius 1 is 1.57 bits per heavy atom. The van der Waals surface area contributed by atoms with Crippen LogP contribution < -0.4 is 5.32 Å². The summed E-state index contributed by atoms with van der Waals surface area (Å²) in [6.07, 6.45) is 2.63. The van der Waals surface area contributed by atoms with Gasteiger partial charge in [-0.3, -0.25) is 9.69 Å². The van der Waals surface area contributed by atoms with Gasteiger partial charge in [-0.15, -0.1) is 0 Å². The molecule has 1 saturated heterocycles. The van der Waals surface area contributed by atoms with Gasteiger partial charge in [0.25, 0.3) is 5.97 Å². The zero-order valence-corrected chi connectivity index (χ0v) is 10.2. The van der Waals surface area contributed by atoms with E-state index >= 15 is 0 Å². The summed E-state index contributed by atoms with van der Waals surface area (Å²) in [5.41, 5.74) is 0. The van der Waals surface area contributed by atoms with Gasteiger partial charge in [-0.2, -0.15) is 0 Å². The second kappa shape index (κ2) is 9.43. The molecular formula is C9H19BrN2O2. The standard InChI is InChI=1S/C7H15BrN2.C2H4O2/c8-3-1-2-5-10-6-4-9-7-10;1-2(3)4/h9H,1-7H2;1H3,(H,3,4). The number of hydrogen-bond acceptors (Lipinski definition) is 3. The smallest absolute Gasteiger partial charge is 0.300 e. The number of hydrogen-bond donors (Lipinski definition) is 2. The number of carbonyl (C=O) groups is 1. The summed E-state index contributed by atoms with van der Waals surface area (Å²) >= 11 is 3.42. The molecular weight excluding hydrogens is 248 g/mol. The number of aliphatic carboxylic acids is 1. The molecule has 0 amide bonds. The molecule has 0 aromatic rings.